The molecule has 1 saturated carbocycles. The number of hydrogen-bond donors (Lipinski definition) is 1. The molecule has 0 aliphatic heterocycles. The number of hydrogen-bond acceptors (Lipinski definition) is 3. The van der Waals surface area contributed by atoms with Crippen molar-refractivity contribution >= 4 is 9.84 Å². The monoisotopic (exact) mass is 303 g/mol. The van der Waals surface area contributed by atoms with Crippen LogP contribution in [-0.2, 0) is 9.84 Å². The van der Waals surface area contributed by atoms with Gasteiger partial charge in [-0.05, 0) is 31.5 Å². The molecule has 0 saturated heterocycles. The summed E-state index contributed by atoms with van der Waals surface area (Å²) >= 11 is 0. The second kappa shape index (κ2) is 6.18. The van der Waals surface area contributed by atoms with E-state index in [1.54, 1.807) is 0 Å². The van der Waals surface area contributed by atoms with Gasteiger partial charge >= 0.3 is 0 Å². The Bertz CT molecular complexity index is 573. The van der Waals surface area contributed by atoms with Gasteiger partial charge in [0.05, 0.1) is 5.25 Å². The Morgan fingerprint density at radius 3 is 2.60 bits per heavy atom. The zero-order chi connectivity index (χ0) is 14.8. The van der Waals surface area contributed by atoms with Crippen molar-refractivity contribution in [2.75, 3.05) is 6.54 Å². The Kier molecular flexibility index (Phi) is 4.75. The molecule has 1 aliphatic carbocycles. The molecule has 6 heteroatoms. The SMILES string of the molecule is CCNC1CCCCC1S(=O)(=O)c1ccc(F)cc1F. The fourth-order valence-electron chi connectivity index (χ4n) is 2.83. The van der Waals surface area contributed by atoms with Gasteiger partial charge in [-0.15, -0.1) is 0 Å². The molecule has 0 amide bonds. The highest BCUT2D eigenvalue weighted by atomic mass is 32.2. The van der Waals surface area contributed by atoms with Gasteiger partial charge in [-0.2, -0.15) is 0 Å². The number of sulfone groups is 1. The molecule has 1 N–H and O–H groups in total. The summed E-state index contributed by atoms with van der Waals surface area (Å²) in [5.74, 6) is -1.78. The van der Waals surface area contributed by atoms with Crippen molar-refractivity contribution in [2.45, 2.75) is 48.8 Å². The summed E-state index contributed by atoms with van der Waals surface area (Å²) in [6.07, 6.45) is 3.06. The van der Waals surface area contributed by atoms with Crippen molar-refractivity contribution in [3.63, 3.8) is 0 Å². The standard InChI is InChI=1S/C14H19F2NO2S/c1-2-17-12-5-3-4-6-14(12)20(18,19)13-8-7-10(15)9-11(13)16/h7-9,12,14,17H,2-6H2,1H3. The molecule has 2 rings (SSSR count). The number of halogens is 2. The molecular formula is C14H19F2NO2S. The van der Waals surface area contributed by atoms with Crippen molar-refractivity contribution in [1.29, 1.82) is 0 Å². The molecule has 20 heavy (non-hydrogen) atoms. The van der Waals surface area contributed by atoms with Crippen LogP contribution >= 0.6 is 0 Å². The van der Waals surface area contributed by atoms with Crippen molar-refractivity contribution < 1.29 is 17.2 Å². The molecule has 0 aromatic heterocycles. The van der Waals surface area contributed by atoms with Gasteiger partial charge in [0, 0.05) is 12.1 Å². The van der Waals surface area contributed by atoms with Gasteiger partial charge in [0.2, 0.25) is 0 Å². The Labute approximate surface area is 118 Å². The first-order valence-corrected chi connectivity index (χ1v) is 8.43. The second-order valence-corrected chi connectivity index (χ2v) is 7.24. The first-order valence-electron chi connectivity index (χ1n) is 6.89. The van der Waals surface area contributed by atoms with Crippen LogP contribution in [0.3, 0.4) is 0 Å². The third kappa shape index (κ3) is 3.01. The van der Waals surface area contributed by atoms with Gasteiger partial charge in [-0.3, -0.25) is 0 Å². The number of nitrogens with one attached hydrogen (secondary N) is 1. The third-order valence-electron chi connectivity index (χ3n) is 3.77. The molecule has 1 fully saturated rings. The third-order valence-corrected chi connectivity index (χ3v) is 6.07. The molecular weight excluding hydrogens is 284 g/mol. The summed E-state index contributed by atoms with van der Waals surface area (Å²) in [5, 5.41) is 2.52. The highest BCUT2D eigenvalue weighted by molar-refractivity contribution is 7.92. The molecule has 0 heterocycles. The van der Waals surface area contributed by atoms with Crippen LogP contribution in [0.1, 0.15) is 32.6 Å². The van der Waals surface area contributed by atoms with Crippen molar-refractivity contribution in [3.05, 3.63) is 29.8 Å². The summed E-state index contributed by atoms with van der Waals surface area (Å²) < 4.78 is 51.9. The van der Waals surface area contributed by atoms with E-state index in [-0.39, 0.29) is 6.04 Å². The minimum atomic E-state index is -3.78. The molecule has 112 valence electrons. The summed E-state index contributed by atoms with van der Waals surface area (Å²) in [6, 6.07) is 2.47. The maximum absolute atomic E-state index is 13.8. The lowest BCUT2D eigenvalue weighted by Gasteiger charge is -2.31. The molecule has 2 unspecified atom stereocenters. The Morgan fingerprint density at radius 2 is 1.95 bits per heavy atom. The molecule has 1 aromatic rings. The number of benzene rings is 1. The molecule has 0 bridgehead atoms. The average Bonchev–Trinajstić information content (AvgIpc) is 2.39. The van der Waals surface area contributed by atoms with Crippen LogP contribution in [-0.4, -0.2) is 26.3 Å². The normalized spacial score (nSPS) is 23.8. The van der Waals surface area contributed by atoms with E-state index in [0.717, 1.165) is 31.4 Å². The topological polar surface area (TPSA) is 46.2 Å². The van der Waals surface area contributed by atoms with Crippen LogP contribution in [0.5, 0.6) is 0 Å². The van der Waals surface area contributed by atoms with Crippen LogP contribution in [0.15, 0.2) is 23.1 Å². The van der Waals surface area contributed by atoms with Crippen molar-refractivity contribution in [3.8, 4) is 0 Å². The van der Waals surface area contributed by atoms with E-state index in [2.05, 4.69) is 5.32 Å². The largest absolute Gasteiger partial charge is 0.313 e. The average molecular weight is 303 g/mol. The lowest BCUT2D eigenvalue weighted by atomic mass is 9.95. The minimum Gasteiger partial charge on any atom is -0.313 e. The molecule has 0 radical (unpaired) electrons. The van der Waals surface area contributed by atoms with Crippen LogP contribution < -0.4 is 5.32 Å². The van der Waals surface area contributed by atoms with E-state index in [0.29, 0.717) is 19.0 Å². The summed E-state index contributed by atoms with van der Waals surface area (Å²) in [7, 11) is -3.78. The van der Waals surface area contributed by atoms with E-state index in [1.807, 2.05) is 6.92 Å². The van der Waals surface area contributed by atoms with Gasteiger partial charge < -0.3 is 5.32 Å². The molecule has 3 nitrogen and oxygen atoms in total. The van der Waals surface area contributed by atoms with Gasteiger partial charge in [-0.25, -0.2) is 17.2 Å². The maximum Gasteiger partial charge on any atom is 0.185 e. The van der Waals surface area contributed by atoms with E-state index < -0.39 is 31.6 Å². The zero-order valence-corrected chi connectivity index (χ0v) is 12.2. The van der Waals surface area contributed by atoms with E-state index in [9.17, 15) is 17.2 Å². The maximum atomic E-state index is 13.8. The van der Waals surface area contributed by atoms with Crippen molar-refractivity contribution in [1.82, 2.24) is 5.32 Å². The highest BCUT2D eigenvalue weighted by Crippen LogP contribution is 2.30. The van der Waals surface area contributed by atoms with Gasteiger partial charge in [-0.1, -0.05) is 19.8 Å². The Balaban J connectivity index is 2.37. The fourth-order valence-corrected chi connectivity index (χ4v) is 4.89. The van der Waals surface area contributed by atoms with Crippen LogP contribution in [0.4, 0.5) is 8.78 Å². The molecule has 1 aliphatic rings. The van der Waals surface area contributed by atoms with E-state index >= 15 is 0 Å². The molecule has 1 aromatic carbocycles. The zero-order valence-electron chi connectivity index (χ0n) is 11.4. The Morgan fingerprint density at radius 1 is 1.25 bits per heavy atom. The second-order valence-electron chi connectivity index (χ2n) is 5.11. The molecule has 0 spiro atoms. The van der Waals surface area contributed by atoms with Crippen molar-refractivity contribution in [2.24, 2.45) is 0 Å². The number of rotatable bonds is 4. The predicted molar refractivity (Wildman–Crippen MR) is 73.3 cm³/mol. The predicted octanol–water partition coefficient (Wildman–Crippen LogP) is 2.66. The van der Waals surface area contributed by atoms with Gasteiger partial charge in [0.1, 0.15) is 16.5 Å². The van der Waals surface area contributed by atoms with E-state index in [4.69, 9.17) is 0 Å². The van der Waals surface area contributed by atoms with Gasteiger partial charge in [0.25, 0.3) is 0 Å². The lowest BCUT2D eigenvalue weighted by Crippen LogP contribution is -2.46. The first-order chi connectivity index (χ1) is 9.46. The quantitative estimate of drug-likeness (QED) is 0.870. The highest BCUT2D eigenvalue weighted by Gasteiger charge is 2.37. The smallest absolute Gasteiger partial charge is 0.185 e. The Hall–Kier alpha value is -1.01. The van der Waals surface area contributed by atoms with Crippen LogP contribution in [0, 0.1) is 11.6 Å². The van der Waals surface area contributed by atoms with Crippen LogP contribution in [0.2, 0.25) is 0 Å². The van der Waals surface area contributed by atoms with E-state index in [1.165, 1.54) is 0 Å². The molecule has 2 atom stereocenters. The first kappa shape index (κ1) is 15.4. The summed E-state index contributed by atoms with van der Waals surface area (Å²) in [6.45, 7) is 2.58. The summed E-state index contributed by atoms with van der Waals surface area (Å²) in [4.78, 5) is -0.395. The summed E-state index contributed by atoms with van der Waals surface area (Å²) in [5.41, 5.74) is 0. The minimum absolute atomic E-state index is 0.164. The van der Waals surface area contributed by atoms with Gasteiger partial charge in [0.15, 0.2) is 9.84 Å². The fraction of sp³-hybridized carbons (Fsp3) is 0.571. The van der Waals surface area contributed by atoms with Crippen LogP contribution in [0.25, 0.3) is 0 Å². The lowest BCUT2D eigenvalue weighted by molar-refractivity contribution is 0.376.